The first kappa shape index (κ1) is 30.4. The van der Waals surface area contributed by atoms with E-state index in [4.69, 9.17) is 0 Å². The van der Waals surface area contributed by atoms with Crippen LogP contribution in [0.2, 0.25) is 0 Å². The number of benzene rings is 3. The van der Waals surface area contributed by atoms with Crippen LogP contribution < -0.4 is 9.62 Å². The van der Waals surface area contributed by atoms with Gasteiger partial charge in [-0.3, -0.25) is 13.9 Å². The van der Waals surface area contributed by atoms with Crippen LogP contribution in [0.3, 0.4) is 0 Å². The molecule has 208 valence electrons. The van der Waals surface area contributed by atoms with E-state index in [2.05, 4.69) is 42.0 Å². The number of hydrogen-bond donors (Lipinski definition) is 1. The van der Waals surface area contributed by atoms with Crippen molar-refractivity contribution >= 4 is 43.5 Å². The maximum atomic E-state index is 14.0. The fourth-order valence-corrected chi connectivity index (χ4v) is 5.59. The molecule has 0 aliphatic heterocycles. The van der Waals surface area contributed by atoms with E-state index >= 15 is 0 Å². The molecule has 1 atom stereocenters. The molecule has 7 nitrogen and oxygen atoms in total. The molecule has 0 fully saturated rings. The first-order chi connectivity index (χ1) is 18.3. The number of sulfonamides is 1. The van der Waals surface area contributed by atoms with Crippen molar-refractivity contribution in [1.82, 2.24) is 10.2 Å². The van der Waals surface area contributed by atoms with Gasteiger partial charge in [0.25, 0.3) is 0 Å². The number of hydrogen-bond acceptors (Lipinski definition) is 4. The van der Waals surface area contributed by atoms with Crippen LogP contribution in [-0.2, 0) is 38.0 Å². The predicted molar refractivity (Wildman–Crippen MR) is 160 cm³/mol. The summed E-state index contributed by atoms with van der Waals surface area (Å²) in [5.74, 6) is -0.813. The molecule has 0 aliphatic carbocycles. The van der Waals surface area contributed by atoms with Gasteiger partial charge in [-0.25, -0.2) is 8.42 Å². The third-order valence-electron chi connectivity index (χ3n) is 6.46. The van der Waals surface area contributed by atoms with Crippen LogP contribution in [0, 0.1) is 0 Å². The molecule has 0 unspecified atom stereocenters. The zero-order valence-electron chi connectivity index (χ0n) is 23.0. The number of nitrogens with zero attached hydrogens (tertiary/aromatic N) is 2. The highest BCUT2D eigenvalue weighted by Crippen LogP contribution is 2.26. The lowest BCUT2D eigenvalue weighted by atomic mass is 9.87. The highest BCUT2D eigenvalue weighted by Gasteiger charge is 2.32. The molecular formula is C30H36BrN3O4S. The number of nitrogens with one attached hydrogen (secondary N) is 1. The van der Waals surface area contributed by atoms with Gasteiger partial charge in [-0.15, -0.1) is 0 Å². The van der Waals surface area contributed by atoms with Crippen molar-refractivity contribution in [3.63, 3.8) is 0 Å². The van der Waals surface area contributed by atoms with E-state index in [-0.39, 0.29) is 24.3 Å². The van der Waals surface area contributed by atoms with Gasteiger partial charge >= 0.3 is 0 Å². The normalized spacial score (nSPS) is 12.5. The van der Waals surface area contributed by atoms with Crippen LogP contribution >= 0.6 is 15.9 Å². The van der Waals surface area contributed by atoms with E-state index in [1.807, 2.05) is 66.7 Å². The summed E-state index contributed by atoms with van der Waals surface area (Å²) in [5, 5.41) is 2.68. The van der Waals surface area contributed by atoms with Crippen molar-refractivity contribution in [1.29, 1.82) is 0 Å². The molecule has 3 aromatic rings. The lowest BCUT2D eigenvalue weighted by Crippen LogP contribution is -2.52. The molecule has 0 heterocycles. The first-order valence-corrected chi connectivity index (χ1v) is 15.3. The van der Waals surface area contributed by atoms with E-state index in [0.717, 1.165) is 31.7 Å². The summed E-state index contributed by atoms with van der Waals surface area (Å²) in [6.07, 6.45) is 1.36. The summed E-state index contributed by atoms with van der Waals surface area (Å²) in [6, 6.07) is 23.3. The molecule has 9 heteroatoms. The average Bonchev–Trinajstić information content (AvgIpc) is 2.88. The Morgan fingerprint density at radius 3 is 2.08 bits per heavy atom. The van der Waals surface area contributed by atoms with Crippen LogP contribution in [0.1, 0.15) is 37.5 Å². The number of likely N-dealkylation sites (N-methyl/N-ethyl adjacent to an activating group) is 1. The minimum Gasteiger partial charge on any atom is -0.357 e. The maximum absolute atomic E-state index is 14.0. The number of halogens is 1. The highest BCUT2D eigenvalue weighted by atomic mass is 79.9. The molecule has 0 saturated heterocycles. The summed E-state index contributed by atoms with van der Waals surface area (Å²) in [7, 11) is -2.28. The third-order valence-corrected chi connectivity index (χ3v) is 8.09. The van der Waals surface area contributed by atoms with Crippen molar-refractivity contribution < 1.29 is 18.0 Å². The van der Waals surface area contributed by atoms with E-state index < -0.39 is 28.5 Å². The fourth-order valence-electron chi connectivity index (χ4n) is 4.29. The Kier molecular flexibility index (Phi) is 9.96. The monoisotopic (exact) mass is 613 g/mol. The van der Waals surface area contributed by atoms with Crippen LogP contribution in [0.5, 0.6) is 0 Å². The van der Waals surface area contributed by atoms with Crippen molar-refractivity contribution in [2.24, 2.45) is 0 Å². The van der Waals surface area contributed by atoms with Gasteiger partial charge < -0.3 is 10.2 Å². The third kappa shape index (κ3) is 8.41. The Morgan fingerprint density at radius 1 is 0.923 bits per heavy atom. The molecule has 0 aliphatic rings. The SMILES string of the molecule is CNC(=O)[C@H](Cc1ccccc1)N(Cc1cccc(Br)c1)C(=O)CN(c1ccc(C(C)(C)C)cc1)S(C)(=O)=O. The fraction of sp³-hybridized carbons (Fsp3) is 0.333. The summed E-state index contributed by atoms with van der Waals surface area (Å²) >= 11 is 3.47. The molecule has 0 spiro atoms. The van der Waals surface area contributed by atoms with Crippen molar-refractivity contribution in [3.05, 3.63) is 100 Å². The molecule has 0 aromatic heterocycles. The van der Waals surface area contributed by atoms with E-state index in [1.165, 1.54) is 11.9 Å². The molecule has 3 aromatic carbocycles. The van der Waals surface area contributed by atoms with Gasteiger partial charge in [-0.1, -0.05) is 91.3 Å². The second kappa shape index (κ2) is 12.8. The van der Waals surface area contributed by atoms with Crippen LogP contribution in [0.4, 0.5) is 5.69 Å². The van der Waals surface area contributed by atoms with Crippen LogP contribution in [-0.4, -0.2) is 51.0 Å². The molecular weight excluding hydrogens is 578 g/mol. The minimum atomic E-state index is -3.81. The zero-order chi connectivity index (χ0) is 28.8. The number of rotatable bonds is 10. The zero-order valence-corrected chi connectivity index (χ0v) is 25.4. The van der Waals surface area contributed by atoms with Crippen LogP contribution in [0.15, 0.2) is 83.3 Å². The Morgan fingerprint density at radius 2 is 1.54 bits per heavy atom. The summed E-state index contributed by atoms with van der Waals surface area (Å²) in [5.41, 5.74) is 3.02. The summed E-state index contributed by atoms with van der Waals surface area (Å²) < 4.78 is 27.7. The first-order valence-electron chi connectivity index (χ1n) is 12.7. The maximum Gasteiger partial charge on any atom is 0.244 e. The predicted octanol–water partition coefficient (Wildman–Crippen LogP) is 4.90. The standard InChI is InChI=1S/C30H36BrN3O4S/c1-30(2,3)24-14-16-26(17-15-24)34(39(5,37)38)21-28(35)33(20-23-12-9-13-25(31)18-23)27(29(36)32-4)19-22-10-7-6-8-11-22/h6-18,27H,19-21H2,1-5H3,(H,32,36)/t27-/m0/s1. The molecule has 2 amide bonds. The van der Waals surface area contributed by atoms with E-state index in [0.29, 0.717) is 5.69 Å². The minimum absolute atomic E-state index is 0.108. The van der Waals surface area contributed by atoms with Crippen molar-refractivity contribution in [2.75, 3.05) is 24.2 Å². The van der Waals surface area contributed by atoms with Gasteiger partial charge in [0, 0.05) is 24.5 Å². The van der Waals surface area contributed by atoms with Crippen molar-refractivity contribution in [2.45, 2.75) is 45.2 Å². The Hall–Kier alpha value is -3.17. The second-order valence-corrected chi connectivity index (χ2v) is 13.4. The van der Waals surface area contributed by atoms with Gasteiger partial charge in [-0.2, -0.15) is 0 Å². The van der Waals surface area contributed by atoms with Crippen molar-refractivity contribution in [3.8, 4) is 0 Å². The largest absolute Gasteiger partial charge is 0.357 e. The average molecular weight is 615 g/mol. The number of carbonyl (C=O) groups is 2. The summed E-state index contributed by atoms with van der Waals surface area (Å²) in [4.78, 5) is 28.6. The Labute approximate surface area is 240 Å². The quantitative estimate of drug-likeness (QED) is 0.352. The topological polar surface area (TPSA) is 86.8 Å². The Balaban J connectivity index is 2.02. The molecule has 39 heavy (non-hydrogen) atoms. The van der Waals surface area contributed by atoms with Gasteiger partial charge in [0.05, 0.1) is 11.9 Å². The number of amides is 2. The Bertz CT molecular complexity index is 1390. The smallest absolute Gasteiger partial charge is 0.244 e. The molecule has 0 bridgehead atoms. The van der Waals surface area contributed by atoms with Gasteiger partial charge in [0.2, 0.25) is 21.8 Å². The second-order valence-electron chi connectivity index (χ2n) is 10.5. The molecule has 1 N–H and O–H groups in total. The lowest BCUT2D eigenvalue weighted by molar-refractivity contribution is -0.139. The number of anilines is 1. The van der Waals surface area contributed by atoms with E-state index in [1.54, 1.807) is 12.1 Å². The van der Waals surface area contributed by atoms with E-state index in [9.17, 15) is 18.0 Å². The molecule has 0 saturated carbocycles. The van der Waals surface area contributed by atoms with Gasteiger partial charge in [-0.05, 0) is 46.4 Å². The van der Waals surface area contributed by atoms with Gasteiger partial charge in [0.1, 0.15) is 12.6 Å². The number of carbonyl (C=O) groups excluding carboxylic acids is 2. The summed E-state index contributed by atoms with van der Waals surface area (Å²) in [6.45, 7) is 5.91. The molecule has 0 radical (unpaired) electrons. The van der Waals surface area contributed by atoms with Gasteiger partial charge in [0.15, 0.2) is 0 Å². The van der Waals surface area contributed by atoms with Crippen LogP contribution in [0.25, 0.3) is 0 Å². The lowest BCUT2D eigenvalue weighted by Gasteiger charge is -2.33. The highest BCUT2D eigenvalue weighted by molar-refractivity contribution is 9.10. The molecule has 3 rings (SSSR count).